The predicted octanol–water partition coefficient (Wildman–Crippen LogP) is 3.91. The average molecular weight is 391 g/mol. The highest BCUT2D eigenvalue weighted by molar-refractivity contribution is 5.99. The van der Waals surface area contributed by atoms with E-state index in [0.717, 1.165) is 11.1 Å². The molecule has 0 radical (unpaired) electrons. The topological polar surface area (TPSA) is 50.2 Å². The number of amides is 1. The van der Waals surface area contributed by atoms with Crippen LogP contribution in [0.1, 0.15) is 29.8 Å². The number of nitrogens with zero attached hydrogens (tertiary/aromatic N) is 3. The van der Waals surface area contributed by atoms with E-state index < -0.39 is 0 Å². The first kappa shape index (κ1) is 20.8. The van der Waals surface area contributed by atoms with Crippen LogP contribution in [-0.2, 0) is 6.54 Å². The fraction of sp³-hybridized carbons (Fsp3) is 0.333. The summed E-state index contributed by atoms with van der Waals surface area (Å²) in [6.07, 6.45) is 1.85. The maximum Gasteiger partial charge on any atom is 0.255 e. The largest absolute Gasteiger partial charge is 0.350 e. The van der Waals surface area contributed by atoms with E-state index in [1.807, 2.05) is 73.5 Å². The van der Waals surface area contributed by atoms with Crippen molar-refractivity contribution < 1.29 is 4.79 Å². The third-order valence-corrected chi connectivity index (χ3v) is 5.15. The molecule has 2 aromatic carbocycles. The molecule has 0 aliphatic heterocycles. The first-order valence-electron chi connectivity index (χ1n) is 10.1. The van der Waals surface area contributed by atoms with E-state index in [0.29, 0.717) is 30.3 Å². The van der Waals surface area contributed by atoms with Gasteiger partial charge in [0.1, 0.15) is 5.69 Å². The summed E-state index contributed by atoms with van der Waals surface area (Å²) in [7, 11) is 4.09. The molecule has 5 heteroatoms. The third kappa shape index (κ3) is 5.33. The third-order valence-electron chi connectivity index (χ3n) is 5.15. The SMILES string of the molecule is CC(C)C(CNC(=O)c1cn(Cc2ccccc2)nc1-c1ccccc1)N(C)C. The smallest absolute Gasteiger partial charge is 0.255 e. The second kappa shape index (κ2) is 9.52. The maximum atomic E-state index is 13.1. The molecule has 3 rings (SSSR count). The van der Waals surface area contributed by atoms with E-state index in [1.54, 1.807) is 0 Å². The molecule has 1 unspecified atom stereocenters. The van der Waals surface area contributed by atoms with Crippen molar-refractivity contribution in [2.45, 2.75) is 26.4 Å². The van der Waals surface area contributed by atoms with Crippen LogP contribution in [0.3, 0.4) is 0 Å². The van der Waals surface area contributed by atoms with Crippen LogP contribution in [-0.4, -0.2) is 47.3 Å². The lowest BCUT2D eigenvalue weighted by molar-refractivity contribution is 0.0935. The Labute approximate surface area is 173 Å². The van der Waals surface area contributed by atoms with Gasteiger partial charge < -0.3 is 10.2 Å². The van der Waals surface area contributed by atoms with Crippen LogP contribution >= 0.6 is 0 Å². The summed E-state index contributed by atoms with van der Waals surface area (Å²) in [6, 6.07) is 20.3. The lowest BCUT2D eigenvalue weighted by Gasteiger charge is -2.28. The normalized spacial score (nSPS) is 12.3. The molecule has 1 atom stereocenters. The lowest BCUT2D eigenvalue weighted by Crippen LogP contribution is -2.43. The van der Waals surface area contributed by atoms with Gasteiger partial charge in [0.25, 0.3) is 5.91 Å². The number of benzene rings is 2. The molecule has 1 aromatic heterocycles. The van der Waals surface area contributed by atoms with Crippen LogP contribution < -0.4 is 5.32 Å². The van der Waals surface area contributed by atoms with Crippen LogP contribution in [0, 0.1) is 5.92 Å². The molecule has 0 aliphatic rings. The van der Waals surface area contributed by atoms with Gasteiger partial charge in [0.2, 0.25) is 0 Å². The molecule has 3 aromatic rings. The Balaban J connectivity index is 1.86. The minimum absolute atomic E-state index is 0.0873. The van der Waals surface area contributed by atoms with E-state index in [4.69, 9.17) is 5.10 Å². The first-order chi connectivity index (χ1) is 14.0. The summed E-state index contributed by atoms with van der Waals surface area (Å²) in [4.78, 5) is 15.2. The summed E-state index contributed by atoms with van der Waals surface area (Å²) < 4.78 is 1.85. The van der Waals surface area contributed by atoms with Gasteiger partial charge in [-0.1, -0.05) is 74.5 Å². The molecule has 5 nitrogen and oxygen atoms in total. The summed E-state index contributed by atoms with van der Waals surface area (Å²) in [6.45, 7) is 5.57. The number of hydrogen-bond acceptors (Lipinski definition) is 3. The number of carbonyl (C=O) groups is 1. The number of carbonyl (C=O) groups excluding carboxylic acids is 1. The Kier molecular flexibility index (Phi) is 6.83. The fourth-order valence-corrected chi connectivity index (χ4v) is 3.56. The van der Waals surface area contributed by atoms with Gasteiger partial charge >= 0.3 is 0 Å². The van der Waals surface area contributed by atoms with Gasteiger partial charge in [0.15, 0.2) is 0 Å². The van der Waals surface area contributed by atoms with Gasteiger partial charge in [-0.2, -0.15) is 5.10 Å². The number of hydrogen-bond donors (Lipinski definition) is 1. The van der Waals surface area contributed by atoms with E-state index in [2.05, 4.69) is 36.2 Å². The Hall–Kier alpha value is -2.92. The average Bonchev–Trinajstić information content (AvgIpc) is 3.13. The molecule has 0 spiro atoms. The molecule has 0 saturated heterocycles. The van der Waals surface area contributed by atoms with Crippen molar-refractivity contribution >= 4 is 5.91 Å². The molecule has 1 heterocycles. The number of likely N-dealkylation sites (N-methyl/N-ethyl adjacent to an activating group) is 1. The summed E-state index contributed by atoms with van der Waals surface area (Å²) in [5.41, 5.74) is 3.41. The number of aromatic nitrogens is 2. The predicted molar refractivity (Wildman–Crippen MR) is 118 cm³/mol. The van der Waals surface area contributed by atoms with Crippen molar-refractivity contribution in [3.05, 3.63) is 78.0 Å². The molecule has 0 fully saturated rings. The van der Waals surface area contributed by atoms with Crippen molar-refractivity contribution in [3.8, 4) is 11.3 Å². The quantitative estimate of drug-likeness (QED) is 0.634. The monoisotopic (exact) mass is 390 g/mol. The van der Waals surface area contributed by atoms with Crippen LogP contribution in [0.25, 0.3) is 11.3 Å². The summed E-state index contributed by atoms with van der Waals surface area (Å²) in [5, 5.41) is 7.85. The van der Waals surface area contributed by atoms with Crippen molar-refractivity contribution in [1.82, 2.24) is 20.0 Å². The zero-order valence-electron chi connectivity index (χ0n) is 17.7. The molecular formula is C24H30N4O. The second-order valence-electron chi connectivity index (χ2n) is 7.93. The Morgan fingerprint density at radius 1 is 1.03 bits per heavy atom. The van der Waals surface area contributed by atoms with Crippen LogP contribution in [0.15, 0.2) is 66.9 Å². The number of nitrogens with one attached hydrogen (secondary N) is 1. The maximum absolute atomic E-state index is 13.1. The van der Waals surface area contributed by atoms with E-state index >= 15 is 0 Å². The fourth-order valence-electron chi connectivity index (χ4n) is 3.56. The highest BCUT2D eigenvalue weighted by Gasteiger charge is 2.21. The zero-order valence-corrected chi connectivity index (χ0v) is 17.7. The molecule has 29 heavy (non-hydrogen) atoms. The summed E-state index contributed by atoms with van der Waals surface area (Å²) >= 11 is 0. The van der Waals surface area contributed by atoms with Gasteiger partial charge in [-0.05, 0) is 25.6 Å². The Morgan fingerprint density at radius 3 is 2.24 bits per heavy atom. The standard InChI is InChI=1S/C24H30N4O/c1-18(2)22(27(3)4)15-25-24(29)21-17-28(16-19-11-7-5-8-12-19)26-23(21)20-13-9-6-10-14-20/h5-14,17-18,22H,15-16H2,1-4H3,(H,25,29). The van der Waals surface area contributed by atoms with Gasteiger partial charge in [0.05, 0.1) is 12.1 Å². The van der Waals surface area contributed by atoms with Crippen molar-refractivity contribution in [1.29, 1.82) is 0 Å². The molecule has 1 amide bonds. The lowest BCUT2D eigenvalue weighted by atomic mass is 10.0. The highest BCUT2D eigenvalue weighted by Crippen LogP contribution is 2.22. The molecule has 0 saturated carbocycles. The highest BCUT2D eigenvalue weighted by atomic mass is 16.1. The Bertz CT molecular complexity index is 909. The second-order valence-corrected chi connectivity index (χ2v) is 7.93. The van der Waals surface area contributed by atoms with E-state index in [1.165, 1.54) is 0 Å². The van der Waals surface area contributed by atoms with Gasteiger partial charge in [-0.25, -0.2) is 0 Å². The summed E-state index contributed by atoms with van der Waals surface area (Å²) in [5.74, 6) is 0.357. The van der Waals surface area contributed by atoms with Crippen molar-refractivity contribution in [2.24, 2.45) is 5.92 Å². The molecule has 0 aliphatic carbocycles. The molecule has 1 N–H and O–H groups in total. The first-order valence-corrected chi connectivity index (χ1v) is 10.1. The van der Waals surface area contributed by atoms with E-state index in [9.17, 15) is 4.79 Å². The van der Waals surface area contributed by atoms with Crippen LogP contribution in [0.4, 0.5) is 0 Å². The van der Waals surface area contributed by atoms with Gasteiger partial charge in [-0.3, -0.25) is 9.48 Å². The number of rotatable bonds is 8. The molecule has 0 bridgehead atoms. The Morgan fingerprint density at radius 2 is 1.66 bits per heavy atom. The zero-order chi connectivity index (χ0) is 20.8. The van der Waals surface area contributed by atoms with Crippen molar-refractivity contribution in [2.75, 3.05) is 20.6 Å². The minimum Gasteiger partial charge on any atom is -0.350 e. The van der Waals surface area contributed by atoms with Crippen molar-refractivity contribution in [3.63, 3.8) is 0 Å². The van der Waals surface area contributed by atoms with Gasteiger partial charge in [-0.15, -0.1) is 0 Å². The molecule has 152 valence electrons. The van der Waals surface area contributed by atoms with Crippen LogP contribution in [0.2, 0.25) is 0 Å². The van der Waals surface area contributed by atoms with Gasteiger partial charge in [0, 0.05) is 24.3 Å². The van der Waals surface area contributed by atoms with E-state index in [-0.39, 0.29) is 11.9 Å². The van der Waals surface area contributed by atoms with Crippen LogP contribution in [0.5, 0.6) is 0 Å². The minimum atomic E-state index is -0.0873. The molecular weight excluding hydrogens is 360 g/mol.